The van der Waals surface area contributed by atoms with E-state index in [0.717, 1.165) is 0 Å². The topological polar surface area (TPSA) is 29.4 Å². The van der Waals surface area contributed by atoms with Gasteiger partial charge in [0, 0.05) is 0 Å². The molecule has 0 saturated carbocycles. The van der Waals surface area contributed by atoms with E-state index in [1.54, 1.807) is 0 Å². The maximum atomic E-state index is 9.60. The highest BCUT2D eigenvalue weighted by atomic mass is 35.5. The molecule has 0 bridgehead atoms. The first kappa shape index (κ1) is 8.96. The predicted molar refractivity (Wildman–Crippen MR) is 37.7 cm³/mol. The maximum absolute atomic E-state index is 9.60. The van der Waals surface area contributed by atoms with Crippen LogP contribution in [0.2, 0.25) is 0 Å². The van der Waals surface area contributed by atoms with E-state index in [1.807, 2.05) is 6.92 Å². The summed E-state index contributed by atoms with van der Waals surface area (Å²) >= 11 is 11.1. The predicted octanol–water partition coefficient (Wildman–Crippen LogP) is 1.90. The summed E-state index contributed by atoms with van der Waals surface area (Å²) in [4.78, 5) is 12.8. The Balaban J connectivity index is 3.71. The third-order valence-electron chi connectivity index (χ3n) is 0.864. The van der Waals surface area contributed by atoms with E-state index in [2.05, 4.69) is 4.99 Å². The van der Waals surface area contributed by atoms with Crippen molar-refractivity contribution in [2.45, 2.75) is 24.2 Å². The highest BCUT2D eigenvalue weighted by Crippen LogP contribution is 2.13. The molecule has 0 heterocycles. The Hall–Kier alpha value is -0.0400. The number of carbonyl (C=O) groups excluding carboxylic acids is 1. The molecule has 0 amide bonds. The zero-order chi connectivity index (χ0) is 7.28. The molecule has 0 fully saturated rings. The van der Waals surface area contributed by atoms with Gasteiger partial charge in [0.2, 0.25) is 6.08 Å². The van der Waals surface area contributed by atoms with Gasteiger partial charge in [0.05, 0.1) is 5.38 Å². The Morgan fingerprint density at radius 2 is 2.22 bits per heavy atom. The molecule has 0 aliphatic heterocycles. The summed E-state index contributed by atoms with van der Waals surface area (Å²) in [6.07, 6.45) is 2.04. The van der Waals surface area contributed by atoms with Gasteiger partial charge in [-0.25, -0.2) is 4.79 Å². The minimum absolute atomic E-state index is 0.270. The van der Waals surface area contributed by atoms with Crippen molar-refractivity contribution >= 4 is 29.3 Å². The van der Waals surface area contributed by atoms with Gasteiger partial charge in [-0.2, -0.15) is 4.99 Å². The summed E-state index contributed by atoms with van der Waals surface area (Å²) in [5, 5.41) is -0.270. The van der Waals surface area contributed by atoms with Crippen LogP contribution in [0.3, 0.4) is 0 Å². The van der Waals surface area contributed by atoms with Crippen LogP contribution in [0.5, 0.6) is 0 Å². The van der Waals surface area contributed by atoms with E-state index < -0.39 is 5.50 Å². The van der Waals surface area contributed by atoms with Gasteiger partial charge >= 0.3 is 0 Å². The van der Waals surface area contributed by atoms with Crippen molar-refractivity contribution in [3.8, 4) is 0 Å². The maximum Gasteiger partial charge on any atom is 0.236 e. The standard InChI is InChI=1S/C5H7Cl2NO/c1-2-4(6)5(7)8-3-9/h4-5H,2H2,1H3. The normalized spacial score (nSPS) is 15.9. The lowest BCUT2D eigenvalue weighted by Crippen LogP contribution is -2.10. The Bertz CT molecular complexity index is 122. The molecule has 0 aromatic carbocycles. The molecule has 0 aromatic rings. The molecule has 0 aliphatic rings. The van der Waals surface area contributed by atoms with Gasteiger partial charge in [-0.15, -0.1) is 11.6 Å². The first-order valence-electron chi connectivity index (χ1n) is 2.57. The minimum atomic E-state index is -0.630. The summed E-state index contributed by atoms with van der Waals surface area (Å²) in [6.45, 7) is 1.87. The average Bonchev–Trinajstić information content (AvgIpc) is 1.87. The number of alkyl halides is 2. The summed E-state index contributed by atoms with van der Waals surface area (Å²) in [7, 11) is 0. The largest absolute Gasteiger partial charge is 0.236 e. The lowest BCUT2D eigenvalue weighted by Gasteiger charge is -2.05. The molecule has 0 aromatic heterocycles. The van der Waals surface area contributed by atoms with Crippen molar-refractivity contribution in [3.63, 3.8) is 0 Å². The van der Waals surface area contributed by atoms with Crippen molar-refractivity contribution < 1.29 is 4.79 Å². The summed E-state index contributed by atoms with van der Waals surface area (Å²) in [6, 6.07) is 0. The Kier molecular flexibility index (Phi) is 4.78. The van der Waals surface area contributed by atoms with Crippen molar-refractivity contribution in [1.29, 1.82) is 0 Å². The molecule has 9 heavy (non-hydrogen) atoms. The van der Waals surface area contributed by atoms with Crippen LogP contribution in [0, 0.1) is 0 Å². The molecular formula is C5H7Cl2NO. The highest BCUT2D eigenvalue weighted by Gasteiger charge is 2.11. The number of rotatable bonds is 3. The second kappa shape index (κ2) is 4.80. The lowest BCUT2D eigenvalue weighted by molar-refractivity contribution is 0.561. The number of isocyanates is 1. The molecule has 2 unspecified atom stereocenters. The van der Waals surface area contributed by atoms with Crippen LogP contribution in [0.4, 0.5) is 0 Å². The fourth-order valence-electron chi connectivity index (χ4n) is 0.326. The number of nitrogens with zero attached hydrogens (tertiary/aromatic N) is 1. The third-order valence-corrected chi connectivity index (χ3v) is 1.94. The van der Waals surface area contributed by atoms with Gasteiger partial charge in [0.25, 0.3) is 0 Å². The number of hydrogen-bond donors (Lipinski definition) is 0. The van der Waals surface area contributed by atoms with Gasteiger partial charge in [-0.3, -0.25) is 0 Å². The molecule has 0 rings (SSSR count). The molecule has 0 saturated heterocycles. The molecule has 0 radical (unpaired) electrons. The second-order valence-corrected chi connectivity index (χ2v) is 2.53. The van der Waals surface area contributed by atoms with E-state index in [9.17, 15) is 4.79 Å². The Labute approximate surface area is 63.9 Å². The fraction of sp³-hybridized carbons (Fsp3) is 0.800. The third kappa shape index (κ3) is 3.52. The molecule has 52 valence electrons. The molecule has 0 N–H and O–H groups in total. The van der Waals surface area contributed by atoms with E-state index in [4.69, 9.17) is 23.2 Å². The summed E-state index contributed by atoms with van der Waals surface area (Å²) in [5.41, 5.74) is -0.630. The SMILES string of the molecule is CCC(Cl)C(Cl)N=C=O. The van der Waals surface area contributed by atoms with E-state index in [0.29, 0.717) is 6.42 Å². The van der Waals surface area contributed by atoms with Crippen molar-refractivity contribution in [3.05, 3.63) is 0 Å². The first-order valence-corrected chi connectivity index (χ1v) is 3.44. The molecule has 0 aliphatic carbocycles. The zero-order valence-corrected chi connectivity index (χ0v) is 6.49. The number of aliphatic imine (C=N–C) groups is 1. The molecular weight excluding hydrogens is 161 g/mol. The second-order valence-electron chi connectivity index (χ2n) is 1.52. The van der Waals surface area contributed by atoms with Crippen LogP contribution in [0.25, 0.3) is 0 Å². The van der Waals surface area contributed by atoms with Gasteiger partial charge in [-0.05, 0) is 6.42 Å². The van der Waals surface area contributed by atoms with E-state index >= 15 is 0 Å². The summed E-state index contributed by atoms with van der Waals surface area (Å²) < 4.78 is 0. The van der Waals surface area contributed by atoms with Gasteiger partial charge < -0.3 is 0 Å². The number of halogens is 2. The summed E-state index contributed by atoms with van der Waals surface area (Å²) in [5.74, 6) is 0. The molecule has 4 heteroatoms. The van der Waals surface area contributed by atoms with Crippen LogP contribution < -0.4 is 0 Å². The molecule has 0 spiro atoms. The van der Waals surface area contributed by atoms with Crippen LogP contribution in [0.1, 0.15) is 13.3 Å². The lowest BCUT2D eigenvalue weighted by atomic mass is 10.3. The Morgan fingerprint density at radius 1 is 1.67 bits per heavy atom. The minimum Gasteiger partial charge on any atom is -0.211 e. The zero-order valence-electron chi connectivity index (χ0n) is 4.97. The fourth-order valence-corrected chi connectivity index (χ4v) is 0.600. The number of hydrogen-bond acceptors (Lipinski definition) is 2. The van der Waals surface area contributed by atoms with Gasteiger partial charge in [0.1, 0.15) is 0 Å². The van der Waals surface area contributed by atoms with E-state index in [-0.39, 0.29) is 5.38 Å². The smallest absolute Gasteiger partial charge is 0.211 e. The van der Waals surface area contributed by atoms with Gasteiger partial charge in [-0.1, -0.05) is 18.5 Å². The van der Waals surface area contributed by atoms with Crippen LogP contribution >= 0.6 is 23.2 Å². The van der Waals surface area contributed by atoms with Crippen molar-refractivity contribution in [2.75, 3.05) is 0 Å². The van der Waals surface area contributed by atoms with Crippen LogP contribution in [-0.4, -0.2) is 17.0 Å². The van der Waals surface area contributed by atoms with Crippen LogP contribution in [-0.2, 0) is 4.79 Å². The van der Waals surface area contributed by atoms with E-state index in [1.165, 1.54) is 6.08 Å². The highest BCUT2D eigenvalue weighted by molar-refractivity contribution is 6.29. The Morgan fingerprint density at radius 3 is 2.56 bits per heavy atom. The average molecular weight is 168 g/mol. The molecule has 2 atom stereocenters. The molecule has 2 nitrogen and oxygen atoms in total. The quantitative estimate of drug-likeness (QED) is 0.274. The van der Waals surface area contributed by atoms with Crippen molar-refractivity contribution in [1.82, 2.24) is 0 Å². The van der Waals surface area contributed by atoms with Crippen LogP contribution in [0.15, 0.2) is 4.99 Å². The monoisotopic (exact) mass is 167 g/mol. The van der Waals surface area contributed by atoms with Gasteiger partial charge in [0.15, 0.2) is 5.50 Å². The van der Waals surface area contributed by atoms with Crippen molar-refractivity contribution in [2.24, 2.45) is 4.99 Å². The first-order chi connectivity index (χ1) is 4.22.